The van der Waals surface area contributed by atoms with Crippen LogP contribution in [0, 0.1) is 11.8 Å². The minimum atomic E-state index is -0.878. The molecule has 1 aliphatic rings. The Kier molecular flexibility index (Phi) is 6.78. The maximum absolute atomic E-state index is 12.1. The Morgan fingerprint density at radius 2 is 2.05 bits per heavy atom. The van der Waals surface area contributed by atoms with E-state index in [2.05, 4.69) is 5.32 Å². The predicted octanol–water partition coefficient (Wildman–Crippen LogP) is 1.29. The Hall–Kier alpha value is -1.30. The highest BCUT2D eigenvalue weighted by molar-refractivity contribution is 5.76. The second kappa shape index (κ2) is 8.09. The highest BCUT2D eigenvalue weighted by Gasteiger charge is 2.27. The number of likely N-dealkylation sites (tertiary alicyclic amines) is 1. The Morgan fingerprint density at radius 1 is 1.35 bits per heavy atom. The Labute approximate surface area is 120 Å². The third-order valence-corrected chi connectivity index (χ3v) is 3.70. The van der Waals surface area contributed by atoms with E-state index < -0.39 is 11.9 Å². The van der Waals surface area contributed by atoms with Crippen molar-refractivity contribution in [2.24, 2.45) is 11.8 Å². The van der Waals surface area contributed by atoms with Crippen LogP contribution in [0.4, 0.5) is 4.79 Å². The van der Waals surface area contributed by atoms with Gasteiger partial charge in [0.1, 0.15) is 0 Å². The standard InChI is InChI=1S/C14H26N2O4/c1-10(2)7-11(13(18)19)8-15-14(20)16-6-4-3-5-12(16)9-17/h10-12,17H,3-9H2,1-2H3,(H,15,20)(H,18,19). The summed E-state index contributed by atoms with van der Waals surface area (Å²) in [5.74, 6) is -1.17. The molecule has 0 aromatic carbocycles. The number of nitrogens with zero attached hydrogens (tertiary/aromatic N) is 1. The Balaban J connectivity index is 2.49. The largest absolute Gasteiger partial charge is 0.481 e. The fourth-order valence-electron chi connectivity index (χ4n) is 2.61. The lowest BCUT2D eigenvalue weighted by Gasteiger charge is -2.34. The van der Waals surface area contributed by atoms with E-state index in [0.29, 0.717) is 13.0 Å². The molecule has 6 heteroatoms. The van der Waals surface area contributed by atoms with Crippen LogP contribution in [0.2, 0.25) is 0 Å². The number of hydrogen-bond acceptors (Lipinski definition) is 3. The lowest BCUT2D eigenvalue weighted by molar-refractivity contribution is -0.142. The third kappa shape index (κ3) is 5.00. The SMILES string of the molecule is CC(C)CC(CNC(=O)N1CCCCC1CO)C(=O)O. The summed E-state index contributed by atoms with van der Waals surface area (Å²) in [4.78, 5) is 24.9. The molecule has 0 radical (unpaired) electrons. The summed E-state index contributed by atoms with van der Waals surface area (Å²) < 4.78 is 0. The van der Waals surface area contributed by atoms with Gasteiger partial charge >= 0.3 is 12.0 Å². The van der Waals surface area contributed by atoms with Crippen LogP contribution in [-0.4, -0.2) is 52.9 Å². The monoisotopic (exact) mass is 286 g/mol. The molecule has 0 spiro atoms. The predicted molar refractivity (Wildman–Crippen MR) is 75.4 cm³/mol. The zero-order valence-electron chi connectivity index (χ0n) is 12.3. The molecule has 0 aromatic rings. The van der Waals surface area contributed by atoms with Crippen molar-refractivity contribution in [3.05, 3.63) is 0 Å². The molecule has 6 nitrogen and oxygen atoms in total. The maximum atomic E-state index is 12.1. The number of urea groups is 1. The van der Waals surface area contributed by atoms with Crippen LogP contribution in [0.5, 0.6) is 0 Å². The molecule has 1 saturated heterocycles. The van der Waals surface area contributed by atoms with Gasteiger partial charge in [0.15, 0.2) is 0 Å². The number of hydrogen-bond donors (Lipinski definition) is 3. The zero-order valence-corrected chi connectivity index (χ0v) is 12.3. The van der Waals surface area contributed by atoms with E-state index in [1.54, 1.807) is 4.90 Å². The van der Waals surface area contributed by atoms with Gasteiger partial charge in [-0.15, -0.1) is 0 Å². The average Bonchev–Trinajstić information content (AvgIpc) is 2.42. The van der Waals surface area contributed by atoms with Crippen LogP contribution < -0.4 is 5.32 Å². The molecule has 20 heavy (non-hydrogen) atoms. The van der Waals surface area contributed by atoms with Gasteiger partial charge in [-0.2, -0.15) is 0 Å². The number of carboxylic acids is 1. The van der Waals surface area contributed by atoms with E-state index in [4.69, 9.17) is 5.11 Å². The maximum Gasteiger partial charge on any atom is 0.317 e. The zero-order chi connectivity index (χ0) is 15.1. The smallest absolute Gasteiger partial charge is 0.317 e. The van der Waals surface area contributed by atoms with Gasteiger partial charge < -0.3 is 20.4 Å². The van der Waals surface area contributed by atoms with Crippen LogP contribution in [0.1, 0.15) is 39.5 Å². The molecule has 0 aliphatic carbocycles. The van der Waals surface area contributed by atoms with Gasteiger partial charge in [0.2, 0.25) is 0 Å². The second-order valence-corrected chi connectivity index (χ2v) is 5.88. The first-order valence-electron chi connectivity index (χ1n) is 7.33. The van der Waals surface area contributed by atoms with Crippen molar-refractivity contribution in [1.82, 2.24) is 10.2 Å². The van der Waals surface area contributed by atoms with E-state index in [1.165, 1.54) is 0 Å². The number of aliphatic carboxylic acids is 1. The van der Waals surface area contributed by atoms with Gasteiger partial charge in [-0.3, -0.25) is 4.79 Å². The molecule has 1 fully saturated rings. The molecule has 2 amide bonds. The van der Waals surface area contributed by atoms with Crippen molar-refractivity contribution in [3.8, 4) is 0 Å². The summed E-state index contributed by atoms with van der Waals surface area (Å²) in [7, 11) is 0. The number of amides is 2. The highest BCUT2D eigenvalue weighted by Crippen LogP contribution is 2.17. The number of carbonyl (C=O) groups is 2. The lowest BCUT2D eigenvalue weighted by atomic mass is 9.97. The van der Waals surface area contributed by atoms with E-state index >= 15 is 0 Å². The number of aliphatic hydroxyl groups is 1. The van der Waals surface area contributed by atoms with Gasteiger partial charge in [-0.25, -0.2) is 4.79 Å². The van der Waals surface area contributed by atoms with Gasteiger partial charge in [0, 0.05) is 13.1 Å². The molecule has 0 aromatic heterocycles. The van der Waals surface area contributed by atoms with Crippen LogP contribution in [0.25, 0.3) is 0 Å². The fraction of sp³-hybridized carbons (Fsp3) is 0.857. The quantitative estimate of drug-likeness (QED) is 0.686. The normalized spacial score (nSPS) is 20.8. The molecule has 1 heterocycles. The summed E-state index contributed by atoms with van der Waals surface area (Å²) in [5, 5.41) is 21.1. The minimum Gasteiger partial charge on any atom is -0.481 e. The fourth-order valence-corrected chi connectivity index (χ4v) is 2.61. The first-order valence-corrected chi connectivity index (χ1v) is 7.33. The molecule has 2 atom stereocenters. The molecule has 2 unspecified atom stereocenters. The van der Waals surface area contributed by atoms with Crippen LogP contribution in [0.3, 0.4) is 0 Å². The van der Waals surface area contributed by atoms with Crippen LogP contribution >= 0.6 is 0 Å². The number of nitrogens with one attached hydrogen (secondary N) is 1. The van der Waals surface area contributed by atoms with E-state index in [-0.39, 0.29) is 31.1 Å². The third-order valence-electron chi connectivity index (χ3n) is 3.70. The highest BCUT2D eigenvalue weighted by atomic mass is 16.4. The van der Waals surface area contributed by atoms with Crippen molar-refractivity contribution in [2.75, 3.05) is 19.7 Å². The van der Waals surface area contributed by atoms with Crippen LogP contribution in [-0.2, 0) is 4.79 Å². The molecular weight excluding hydrogens is 260 g/mol. The van der Waals surface area contributed by atoms with Crippen molar-refractivity contribution in [1.29, 1.82) is 0 Å². The summed E-state index contributed by atoms with van der Waals surface area (Å²) in [6.07, 6.45) is 3.29. The summed E-state index contributed by atoms with van der Waals surface area (Å²) in [6.45, 7) is 4.65. The average molecular weight is 286 g/mol. The first kappa shape index (κ1) is 16.8. The Morgan fingerprint density at radius 3 is 2.60 bits per heavy atom. The van der Waals surface area contributed by atoms with E-state index in [1.807, 2.05) is 13.8 Å². The van der Waals surface area contributed by atoms with Gasteiger partial charge in [0.25, 0.3) is 0 Å². The summed E-state index contributed by atoms with van der Waals surface area (Å²) >= 11 is 0. The second-order valence-electron chi connectivity index (χ2n) is 5.88. The summed E-state index contributed by atoms with van der Waals surface area (Å²) in [6, 6.07) is -0.407. The van der Waals surface area contributed by atoms with Crippen molar-refractivity contribution < 1.29 is 19.8 Å². The molecule has 1 aliphatic heterocycles. The van der Waals surface area contributed by atoms with Gasteiger partial charge in [-0.1, -0.05) is 13.8 Å². The van der Waals surface area contributed by atoms with Gasteiger partial charge in [0.05, 0.1) is 18.6 Å². The number of carboxylic acid groups (broad SMARTS) is 1. The minimum absolute atomic E-state index is 0.0399. The van der Waals surface area contributed by atoms with Crippen LogP contribution in [0.15, 0.2) is 0 Å². The molecule has 0 bridgehead atoms. The number of rotatable bonds is 6. The molecule has 3 N–H and O–H groups in total. The lowest BCUT2D eigenvalue weighted by Crippen LogP contribution is -2.51. The Bertz CT molecular complexity index is 333. The van der Waals surface area contributed by atoms with Crippen molar-refractivity contribution in [2.45, 2.75) is 45.6 Å². The molecule has 0 saturated carbocycles. The topological polar surface area (TPSA) is 89.9 Å². The molecule has 1 rings (SSSR count). The van der Waals surface area contributed by atoms with E-state index in [9.17, 15) is 14.7 Å². The van der Waals surface area contributed by atoms with Crippen molar-refractivity contribution >= 4 is 12.0 Å². The molecular formula is C14H26N2O4. The van der Waals surface area contributed by atoms with E-state index in [0.717, 1.165) is 19.3 Å². The number of piperidine rings is 1. The first-order chi connectivity index (χ1) is 9.45. The number of carbonyl (C=O) groups excluding carboxylic acids is 1. The molecule has 116 valence electrons. The number of aliphatic hydroxyl groups excluding tert-OH is 1. The summed E-state index contributed by atoms with van der Waals surface area (Å²) in [5.41, 5.74) is 0. The van der Waals surface area contributed by atoms with Crippen molar-refractivity contribution in [3.63, 3.8) is 0 Å². The van der Waals surface area contributed by atoms with Gasteiger partial charge in [-0.05, 0) is 31.6 Å².